The van der Waals surface area contributed by atoms with Gasteiger partial charge in [-0.05, 0) is 31.9 Å². The third-order valence-electron chi connectivity index (χ3n) is 1.59. The maximum Gasteiger partial charge on any atom is 0.00634 e. The first kappa shape index (κ1) is 8.75. The summed E-state index contributed by atoms with van der Waals surface area (Å²) in [4.78, 5) is 2.87. The Balaban J connectivity index is 2.58. The second-order valence-corrected chi connectivity index (χ2v) is 4.16. The van der Waals surface area contributed by atoms with Gasteiger partial charge in [-0.2, -0.15) is 0 Å². The molecule has 0 aliphatic heterocycles. The second kappa shape index (κ2) is 3.88. The summed E-state index contributed by atoms with van der Waals surface area (Å²) in [7, 11) is 0. The molecule has 0 aliphatic rings. The van der Waals surface area contributed by atoms with Gasteiger partial charge in [0.1, 0.15) is 0 Å². The molecule has 0 aromatic carbocycles. The fourth-order valence-corrected chi connectivity index (χ4v) is 2.14. The van der Waals surface area contributed by atoms with Crippen LogP contribution < -0.4 is 5.73 Å². The first-order chi connectivity index (χ1) is 5.22. The van der Waals surface area contributed by atoms with Gasteiger partial charge in [0.05, 0.1) is 0 Å². The second-order valence-electron chi connectivity index (χ2n) is 2.90. The van der Waals surface area contributed by atoms with Crippen molar-refractivity contribution in [2.45, 2.75) is 32.7 Å². The van der Waals surface area contributed by atoms with Gasteiger partial charge < -0.3 is 5.73 Å². The quantitative estimate of drug-likeness (QED) is 0.737. The van der Waals surface area contributed by atoms with Crippen LogP contribution in [-0.4, -0.2) is 6.04 Å². The predicted molar refractivity (Wildman–Crippen MR) is 51.1 cm³/mol. The van der Waals surface area contributed by atoms with E-state index in [2.05, 4.69) is 19.1 Å². The van der Waals surface area contributed by atoms with Crippen molar-refractivity contribution in [3.05, 3.63) is 21.9 Å². The number of thiophene rings is 1. The molecule has 2 heteroatoms. The van der Waals surface area contributed by atoms with Crippen molar-refractivity contribution < 1.29 is 0 Å². The van der Waals surface area contributed by atoms with Crippen molar-refractivity contribution in [3.63, 3.8) is 0 Å². The highest BCUT2D eigenvalue weighted by atomic mass is 32.1. The molecule has 1 atom stereocenters. The average Bonchev–Trinajstić information content (AvgIpc) is 2.34. The van der Waals surface area contributed by atoms with E-state index in [1.807, 2.05) is 18.3 Å². The number of rotatable bonds is 3. The normalized spacial score (nSPS) is 13.4. The zero-order valence-corrected chi connectivity index (χ0v) is 7.95. The van der Waals surface area contributed by atoms with E-state index in [1.54, 1.807) is 0 Å². The van der Waals surface area contributed by atoms with Gasteiger partial charge in [-0.3, -0.25) is 0 Å². The van der Waals surface area contributed by atoms with Crippen molar-refractivity contribution in [2.75, 3.05) is 0 Å². The molecule has 11 heavy (non-hydrogen) atoms. The Bertz CT molecular complexity index is 215. The summed E-state index contributed by atoms with van der Waals surface area (Å²) < 4.78 is 0. The van der Waals surface area contributed by atoms with Gasteiger partial charge >= 0.3 is 0 Å². The summed E-state index contributed by atoms with van der Waals surface area (Å²) in [6.07, 6.45) is 2.16. The molecule has 0 amide bonds. The van der Waals surface area contributed by atoms with E-state index in [-0.39, 0.29) is 0 Å². The number of nitrogens with two attached hydrogens (primary N) is 1. The summed E-state index contributed by atoms with van der Waals surface area (Å²) in [5.41, 5.74) is 5.68. The Hall–Kier alpha value is -0.340. The van der Waals surface area contributed by atoms with E-state index in [1.165, 1.54) is 9.75 Å². The number of aryl methyl sites for hydroxylation is 1. The smallest absolute Gasteiger partial charge is 0.00634 e. The van der Waals surface area contributed by atoms with E-state index in [0.717, 1.165) is 12.8 Å². The summed E-state index contributed by atoms with van der Waals surface area (Å²) in [6, 6.07) is 4.67. The van der Waals surface area contributed by atoms with Gasteiger partial charge in [0.25, 0.3) is 0 Å². The standard InChI is InChI=1S/C9H15NS/c1-3-8-4-5-9(11-8)6-7(2)10/h4-5,7H,3,6,10H2,1-2H3. The van der Waals surface area contributed by atoms with Crippen LogP contribution in [0.5, 0.6) is 0 Å². The van der Waals surface area contributed by atoms with E-state index in [0.29, 0.717) is 6.04 Å². The van der Waals surface area contributed by atoms with Crippen LogP contribution in [-0.2, 0) is 12.8 Å². The highest BCUT2D eigenvalue weighted by Crippen LogP contribution is 2.17. The average molecular weight is 169 g/mol. The molecular formula is C9H15NS. The zero-order chi connectivity index (χ0) is 8.27. The highest BCUT2D eigenvalue weighted by molar-refractivity contribution is 7.11. The minimum Gasteiger partial charge on any atom is -0.328 e. The molecule has 62 valence electrons. The summed E-state index contributed by atoms with van der Waals surface area (Å²) in [5.74, 6) is 0. The summed E-state index contributed by atoms with van der Waals surface area (Å²) in [5, 5.41) is 0. The third-order valence-corrected chi connectivity index (χ3v) is 2.84. The molecule has 1 aromatic rings. The van der Waals surface area contributed by atoms with E-state index >= 15 is 0 Å². The number of hydrogen-bond acceptors (Lipinski definition) is 2. The van der Waals surface area contributed by atoms with Crippen LogP contribution in [0.15, 0.2) is 12.1 Å². The van der Waals surface area contributed by atoms with Crippen LogP contribution in [0.25, 0.3) is 0 Å². The van der Waals surface area contributed by atoms with E-state index < -0.39 is 0 Å². The molecule has 0 saturated heterocycles. The molecule has 0 spiro atoms. The van der Waals surface area contributed by atoms with Crippen molar-refractivity contribution in [1.82, 2.24) is 0 Å². The molecule has 1 aromatic heterocycles. The van der Waals surface area contributed by atoms with Crippen molar-refractivity contribution in [1.29, 1.82) is 0 Å². The molecule has 1 nitrogen and oxygen atoms in total. The van der Waals surface area contributed by atoms with Crippen LogP contribution in [0.1, 0.15) is 23.6 Å². The molecular weight excluding hydrogens is 154 g/mol. The van der Waals surface area contributed by atoms with Crippen LogP contribution in [0, 0.1) is 0 Å². The van der Waals surface area contributed by atoms with Gasteiger partial charge in [-0.15, -0.1) is 11.3 Å². The molecule has 0 bridgehead atoms. The topological polar surface area (TPSA) is 26.0 Å². The first-order valence-electron chi connectivity index (χ1n) is 4.05. The predicted octanol–water partition coefficient (Wildman–Crippen LogP) is 2.20. The van der Waals surface area contributed by atoms with Gasteiger partial charge in [0.15, 0.2) is 0 Å². The van der Waals surface area contributed by atoms with Crippen molar-refractivity contribution in [2.24, 2.45) is 5.73 Å². The maximum atomic E-state index is 5.68. The molecule has 2 N–H and O–H groups in total. The van der Waals surface area contributed by atoms with Crippen molar-refractivity contribution in [3.8, 4) is 0 Å². The Kier molecular flexibility index (Phi) is 3.09. The van der Waals surface area contributed by atoms with Crippen LogP contribution >= 0.6 is 11.3 Å². The molecule has 0 saturated carbocycles. The SMILES string of the molecule is CCc1ccc(CC(C)N)s1. The maximum absolute atomic E-state index is 5.68. The van der Waals surface area contributed by atoms with E-state index in [4.69, 9.17) is 5.73 Å². The Morgan fingerprint density at radius 3 is 2.55 bits per heavy atom. The fourth-order valence-electron chi connectivity index (χ4n) is 1.04. The third kappa shape index (κ3) is 2.64. The first-order valence-corrected chi connectivity index (χ1v) is 4.87. The Morgan fingerprint density at radius 1 is 1.45 bits per heavy atom. The monoisotopic (exact) mass is 169 g/mol. The van der Waals surface area contributed by atoms with Gasteiger partial charge in [0, 0.05) is 15.8 Å². The molecule has 0 radical (unpaired) electrons. The molecule has 1 rings (SSSR count). The lowest BCUT2D eigenvalue weighted by molar-refractivity contribution is 0.746. The lowest BCUT2D eigenvalue weighted by atomic mass is 10.2. The van der Waals surface area contributed by atoms with Crippen LogP contribution in [0.4, 0.5) is 0 Å². The van der Waals surface area contributed by atoms with Crippen molar-refractivity contribution >= 4 is 11.3 Å². The molecule has 0 fully saturated rings. The van der Waals surface area contributed by atoms with E-state index in [9.17, 15) is 0 Å². The molecule has 1 heterocycles. The lowest BCUT2D eigenvalue weighted by Crippen LogP contribution is -2.16. The van der Waals surface area contributed by atoms with Crippen LogP contribution in [0.3, 0.4) is 0 Å². The minimum absolute atomic E-state index is 0.290. The fraction of sp³-hybridized carbons (Fsp3) is 0.556. The minimum atomic E-state index is 0.290. The van der Waals surface area contributed by atoms with Gasteiger partial charge in [0.2, 0.25) is 0 Å². The number of hydrogen-bond donors (Lipinski definition) is 1. The van der Waals surface area contributed by atoms with Gasteiger partial charge in [-0.1, -0.05) is 6.92 Å². The zero-order valence-electron chi connectivity index (χ0n) is 7.13. The lowest BCUT2D eigenvalue weighted by Gasteiger charge is -1.99. The Labute approximate surface area is 72.2 Å². The Morgan fingerprint density at radius 2 is 2.09 bits per heavy atom. The summed E-state index contributed by atoms with van der Waals surface area (Å²) >= 11 is 1.88. The molecule has 0 aliphatic carbocycles. The molecule has 1 unspecified atom stereocenters. The van der Waals surface area contributed by atoms with Gasteiger partial charge in [-0.25, -0.2) is 0 Å². The van der Waals surface area contributed by atoms with Crippen LogP contribution in [0.2, 0.25) is 0 Å². The summed E-state index contributed by atoms with van der Waals surface area (Å²) in [6.45, 7) is 4.23. The largest absolute Gasteiger partial charge is 0.328 e. The highest BCUT2D eigenvalue weighted by Gasteiger charge is 2.00.